The molecule has 2 aromatic carbocycles. The Balaban J connectivity index is 2.59. The SMILES string of the molecule is Nc1cnc2c(c1)cc(F)c1ccccc12. The van der Waals surface area contributed by atoms with Crippen molar-refractivity contribution in [3.8, 4) is 0 Å². The van der Waals surface area contributed by atoms with E-state index < -0.39 is 0 Å². The highest BCUT2D eigenvalue weighted by molar-refractivity contribution is 6.05. The van der Waals surface area contributed by atoms with Crippen molar-refractivity contribution in [1.82, 2.24) is 4.98 Å². The second kappa shape index (κ2) is 3.17. The maximum Gasteiger partial charge on any atom is 0.131 e. The number of nitrogens with two attached hydrogens (primary N) is 1. The second-order valence-electron chi connectivity index (χ2n) is 3.74. The highest BCUT2D eigenvalue weighted by atomic mass is 19.1. The minimum absolute atomic E-state index is 0.240. The molecule has 78 valence electrons. The Kier molecular flexibility index (Phi) is 1.80. The lowest BCUT2D eigenvalue weighted by Crippen LogP contribution is -1.89. The molecule has 0 aliphatic carbocycles. The number of hydrogen-bond acceptors (Lipinski definition) is 2. The molecule has 3 heteroatoms. The summed E-state index contributed by atoms with van der Waals surface area (Å²) in [5, 5.41) is 2.14. The number of rotatable bonds is 0. The number of nitrogens with zero attached hydrogens (tertiary/aromatic N) is 1. The molecule has 0 unspecified atom stereocenters. The van der Waals surface area contributed by atoms with Crippen molar-refractivity contribution in [2.45, 2.75) is 0 Å². The second-order valence-corrected chi connectivity index (χ2v) is 3.74. The summed E-state index contributed by atoms with van der Waals surface area (Å²) in [5.74, 6) is -0.240. The van der Waals surface area contributed by atoms with Crippen LogP contribution in [0.5, 0.6) is 0 Å². The van der Waals surface area contributed by atoms with E-state index in [2.05, 4.69) is 4.98 Å². The van der Waals surface area contributed by atoms with Crippen molar-refractivity contribution in [1.29, 1.82) is 0 Å². The summed E-state index contributed by atoms with van der Waals surface area (Å²) in [6.07, 6.45) is 1.59. The van der Waals surface area contributed by atoms with Crippen molar-refractivity contribution in [2.24, 2.45) is 0 Å². The van der Waals surface area contributed by atoms with Gasteiger partial charge in [0.15, 0.2) is 0 Å². The van der Waals surface area contributed by atoms with Crippen LogP contribution in [0.1, 0.15) is 0 Å². The number of halogens is 1. The molecule has 16 heavy (non-hydrogen) atoms. The predicted octanol–water partition coefficient (Wildman–Crippen LogP) is 3.11. The van der Waals surface area contributed by atoms with Crippen molar-refractivity contribution < 1.29 is 4.39 Å². The highest BCUT2D eigenvalue weighted by Gasteiger charge is 2.06. The number of aromatic nitrogens is 1. The molecule has 3 aromatic rings. The molecule has 0 amide bonds. The average Bonchev–Trinajstić information content (AvgIpc) is 2.29. The first-order valence-electron chi connectivity index (χ1n) is 4.98. The van der Waals surface area contributed by atoms with E-state index in [0.717, 1.165) is 16.3 Å². The van der Waals surface area contributed by atoms with Crippen molar-refractivity contribution in [3.63, 3.8) is 0 Å². The summed E-state index contributed by atoms with van der Waals surface area (Å²) in [7, 11) is 0. The summed E-state index contributed by atoms with van der Waals surface area (Å²) in [5.41, 5.74) is 6.96. The summed E-state index contributed by atoms with van der Waals surface area (Å²) >= 11 is 0. The van der Waals surface area contributed by atoms with E-state index in [4.69, 9.17) is 5.73 Å². The molecule has 2 nitrogen and oxygen atoms in total. The molecule has 0 saturated carbocycles. The zero-order valence-corrected chi connectivity index (χ0v) is 8.44. The lowest BCUT2D eigenvalue weighted by Gasteiger charge is -2.04. The van der Waals surface area contributed by atoms with Crippen LogP contribution in [-0.4, -0.2) is 4.98 Å². The zero-order chi connectivity index (χ0) is 11.1. The van der Waals surface area contributed by atoms with Gasteiger partial charge in [-0.05, 0) is 12.1 Å². The largest absolute Gasteiger partial charge is 0.397 e. The monoisotopic (exact) mass is 212 g/mol. The first-order valence-corrected chi connectivity index (χ1v) is 4.98. The van der Waals surface area contributed by atoms with Gasteiger partial charge in [0.2, 0.25) is 0 Å². The van der Waals surface area contributed by atoms with Crippen LogP contribution in [0, 0.1) is 5.82 Å². The Hall–Kier alpha value is -2.16. The molecule has 0 aliphatic rings. The summed E-state index contributed by atoms with van der Waals surface area (Å²) in [6.45, 7) is 0. The third-order valence-electron chi connectivity index (χ3n) is 2.66. The summed E-state index contributed by atoms with van der Waals surface area (Å²) in [6, 6.07) is 10.5. The standard InChI is InChI=1S/C13H9FN2/c14-12-6-8-5-9(15)7-16-13(8)11-4-2-1-3-10(11)12/h1-7H,15H2. The molecule has 1 aromatic heterocycles. The van der Waals surface area contributed by atoms with Gasteiger partial charge in [0, 0.05) is 16.2 Å². The molecule has 0 fully saturated rings. The van der Waals surface area contributed by atoms with E-state index in [0.29, 0.717) is 11.1 Å². The van der Waals surface area contributed by atoms with Gasteiger partial charge in [0.05, 0.1) is 17.4 Å². The third-order valence-corrected chi connectivity index (χ3v) is 2.66. The third kappa shape index (κ3) is 1.21. The van der Waals surface area contributed by atoms with Crippen LogP contribution in [0.25, 0.3) is 21.7 Å². The Morgan fingerprint density at radius 2 is 1.81 bits per heavy atom. The van der Waals surface area contributed by atoms with Crippen molar-refractivity contribution in [2.75, 3.05) is 5.73 Å². The fourth-order valence-electron chi connectivity index (χ4n) is 1.95. The lowest BCUT2D eigenvalue weighted by molar-refractivity contribution is 0.641. The van der Waals surface area contributed by atoms with E-state index in [1.807, 2.05) is 18.2 Å². The smallest absolute Gasteiger partial charge is 0.131 e. The predicted molar refractivity (Wildman–Crippen MR) is 63.6 cm³/mol. The molecule has 0 saturated heterocycles. The minimum atomic E-state index is -0.240. The van der Waals surface area contributed by atoms with Gasteiger partial charge in [-0.1, -0.05) is 24.3 Å². The number of nitrogen functional groups attached to an aromatic ring is 1. The van der Waals surface area contributed by atoms with Crippen LogP contribution >= 0.6 is 0 Å². The number of hydrogen-bond donors (Lipinski definition) is 1. The first kappa shape index (κ1) is 9.09. The Morgan fingerprint density at radius 1 is 1.06 bits per heavy atom. The number of anilines is 1. The van der Waals surface area contributed by atoms with E-state index in [1.165, 1.54) is 6.07 Å². The summed E-state index contributed by atoms with van der Waals surface area (Å²) < 4.78 is 13.8. The first-order chi connectivity index (χ1) is 7.75. The number of benzene rings is 2. The van der Waals surface area contributed by atoms with Crippen LogP contribution in [0.3, 0.4) is 0 Å². The maximum absolute atomic E-state index is 13.8. The van der Waals surface area contributed by atoms with E-state index in [9.17, 15) is 4.39 Å². The normalized spacial score (nSPS) is 11.1. The van der Waals surface area contributed by atoms with E-state index in [-0.39, 0.29) is 5.82 Å². The van der Waals surface area contributed by atoms with Gasteiger partial charge in [0.25, 0.3) is 0 Å². The molecule has 0 bridgehead atoms. The van der Waals surface area contributed by atoms with Crippen molar-refractivity contribution in [3.05, 3.63) is 48.4 Å². The quantitative estimate of drug-likeness (QED) is 0.581. The van der Waals surface area contributed by atoms with Crippen molar-refractivity contribution >= 4 is 27.4 Å². The molecular formula is C13H9FN2. The van der Waals surface area contributed by atoms with Crippen LogP contribution in [-0.2, 0) is 0 Å². The highest BCUT2D eigenvalue weighted by Crippen LogP contribution is 2.27. The van der Waals surface area contributed by atoms with Gasteiger partial charge < -0.3 is 5.73 Å². The lowest BCUT2D eigenvalue weighted by atomic mass is 10.1. The van der Waals surface area contributed by atoms with Gasteiger partial charge >= 0.3 is 0 Å². The van der Waals surface area contributed by atoms with Crippen LogP contribution < -0.4 is 5.73 Å². The molecule has 0 aliphatic heterocycles. The zero-order valence-electron chi connectivity index (χ0n) is 8.44. The fourth-order valence-corrected chi connectivity index (χ4v) is 1.95. The number of pyridine rings is 1. The maximum atomic E-state index is 13.8. The molecule has 2 N–H and O–H groups in total. The van der Waals surface area contributed by atoms with Gasteiger partial charge in [-0.3, -0.25) is 4.98 Å². The molecule has 1 heterocycles. The molecule has 3 rings (SSSR count). The Morgan fingerprint density at radius 3 is 2.62 bits per heavy atom. The molecule has 0 spiro atoms. The van der Waals surface area contributed by atoms with Gasteiger partial charge in [-0.15, -0.1) is 0 Å². The molecule has 0 atom stereocenters. The van der Waals surface area contributed by atoms with Crippen LogP contribution in [0.2, 0.25) is 0 Å². The Labute approximate surface area is 91.5 Å². The van der Waals surface area contributed by atoms with Gasteiger partial charge in [-0.2, -0.15) is 0 Å². The molecule has 0 radical (unpaired) electrons. The topological polar surface area (TPSA) is 38.9 Å². The molecular weight excluding hydrogens is 203 g/mol. The average molecular weight is 212 g/mol. The van der Waals surface area contributed by atoms with Crippen LogP contribution in [0.15, 0.2) is 42.6 Å². The van der Waals surface area contributed by atoms with E-state index >= 15 is 0 Å². The minimum Gasteiger partial charge on any atom is -0.397 e. The van der Waals surface area contributed by atoms with E-state index in [1.54, 1.807) is 18.3 Å². The van der Waals surface area contributed by atoms with Crippen LogP contribution in [0.4, 0.5) is 10.1 Å². The van der Waals surface area contributed by atoms with Gasteiger partial charge in [0.1, 0.15) is 5.82 Å². The Bertz CT molecular complexity index is 692. The fraction of sp³-hybridized carbons (Fsp3) is 0. The summed E-state index contributed by atoms with van der Waals surface area (Å²) in [4.78, 5) is 4.26. The van der Waals surface area contributed by atoms with Gasteiger partial charge in [-0.25, -0.2) is 4.39 Å². The number of fused-ring (bicyclic) bond motifs is 3.